The summed E-state index contributed by atoms with van der Waals surface area (Å²) in [4.78, 5) is 8.95. The van der Waals surface area contributed by atoms with E-state index in [4.69, 9.17) is 11.6 Å². The van der Waals surface area contributed by atoms with E-state index in [0.29, 0.717) is 5.69 Å². The first kappa shape index (κ1) is 35.2. The largest absolute Gasteiger partial charge is 0.308 e. The average Bonchev–Trinajstić information content (AvgIpc) is 3.72. The van der Waals surface area contributed by atoms with E-state index in [0.717, 1.165) is 61.5 Å². The molecule has 0 spiro atoms. The first-order chi connectivity index (χ1) is 28.2. The average molecular weight is 747 g/mol. The van der Waals surface area contributed by atoms with Crippen LogP contribution in [0.2, 0.25) is 0 Å². The molecule has 3 heterocycles. The minimum atomic E-state index is 0.594. The minimum absolute atomic E-state index is 0.594. The summed E-state index contributed by atoms with van der Waals surface area (Å²) in [5.74, 6) is 0. The third-order valence-corrected chi connectivity index (χ3v) is 11.8. The second-order valence-corrected chi connectivity index (χ2v) is 15.9. The fourth-order valence-electron chi connectivity index (χ4n) is 9.31. The number of benzene rings is 7. The number of rotatable bonds is 5. The van der Waals surface area contributed by atoms with E-state index in [1.165, 1.54) is 60.5 Å². The van der Waals surface area contributed by atoms with Crippen LogP contribution < -0.4 is 0 Å². The lowest BCUT2D eigenvalue weighted by Gasteiger charge is -2.20. The zero-order valence-electron chi connectivity index (χ0n) is 33.6. The van der Waals surface area contributed by atoms with Gasteiger partial charge in [-0.25, -0.2) is 4.85 Å². The van der Waals surface area contributed by atoms with Crippen LogP contribution in [0.1, 0.15) is 33.6 Å². The van der Waals surface area contributed by atoms with Crippen molar-refractivity contribution < 1.29 is 0 Å². The predicted molar refractivity (Wildman–Crippen MR) is 244 cm³/mol. The molecule has 0 atom stereocenters. The second kappa shape index (κ2) is 13.5. The lowest BCUT2D eigenvalue weighted by atomic mass is 9.97. The van der Waals surface area contributed by atoms with Crippen LogP contribution in [0.15, 0.2) is 146 Å². The summed E-state index contributed by atoms with van der Waals surface area (Å²) >= 11 is 0. The molecule has 0 aliphatic heterocycles. The quantitative estimate of drug-likeness (QED) is 0.161. The number of aryl methyl sites for hydroxylation is 6. The molecule has 4 nitrogen and oxygen atoms in total. The van der Waals surface area contributed by atoms with Crippen LogP contribution in [0.3, 0.4) is 0 Å². The molecule has 0 fully saturated rings. The molecule has 58 heavy (non-hydrogen) atoms. The van der Waals surface area contributed by atoms with Crippen molar-refractivity contribution in [1.29, 1.82) is 0 Å². The summed E-state index contributed by atoms with van der Waals surface area (Å²) < 4.78 is 4.82. The number of aromatic nitrogens is 3. The molecule has 0 N–H and O–H groups in total. The Bertz CT molecular complexity index is 3350. The molecule has 4 heteroatoms. The molecule has 0 radical (unpaired) electrons. The van der Waals surface area contributed by atoms with E-state index in [1.807, 2.05) is 13.8 Å². The summed E-state index contributed by atoms with van der Waals surface area (Å²) in [6, 6.07) is 53.1. The normalized spacial score (nSPS) is 11.6. The highest BCUT2D eigenvalue weighted by Gasteiger charge is 2.23. The lowest BCUT2D eigenvalue weighted by Crippen LogP contribution is -2.04. The van der Waals surface area contributed by atoms with Gasteiger partial charge in [-0.15, -0.1) is 0 Å². The summed E-state index contributed by atoms with van der Waals surface area (Å²) in [6.07, 6.45) is 0. The van der Waals surface area contributed by atoms with Gasteiger partial charge in [-0.1, -0.05) is 108 Å². The van der Waals surface area contributed by atoms with Crippen molar-refractivity contribution in [2.45, 2.75) is 41.5 Å². The van der Waals surface area contributed by atoms with Gasteiger partial charge in [0.05, 0.1) is 40.0 Å². The van der Waals surface area contributed by atoms with E-state index >= 15 is 0 Å². The van der Waals surface area contributed by atoms with Gasteiger partial charge in [-0.2, -0.15) is 0 Å². The highest BCUT2D eigenvalue weighted by atomic mass is 15.1. The fourth-order valence-corrected chi connectivity index (χ4v) is 9.31. The van der Waals surface area contributed by atoms with Gasteiger partial charge in [0.2, 0.25) is 0 Å². The number of para-hydroxylation sites is 2. The first-order valence-electron chi connectivity index (χ1n) is 19.9. The molecule has 10 rings (SSSR count). The van der Waals surface area contributed by atoms with E-state index in [-0.39, 0.29) is 0 Å². The van der Waals surface area contributed by atoms with Gasteiger partial charge < -0.3 is 9.13 Å². The molecule has 3 aromatic heterocycles. The molecule has 7 aromatic carbocycles. The lowest BCUT2D eigenvalue weighted by molar-refractivity contribution is 1.09. The van der Waals surface area contributed by atoms with E-state index in [2.05, 4.69) is 187 Å². The monoisotopic (exact) mass is 746 g/mol. The molecule has 0 saturated carbocycles. The number of hydrogen-bond donors (Lipinski definition) is 0. The van der Waals surface area contributed by atoms with Crippen LogP contribution in [-0.2, 0) is 0 Å². The molecule has 0 saturated heterocycles. The molecule has 0 amide bonds. The summed E-state index contributed by atoms with van der Waals surface area (Å²) in [7, 11) is 0. The van der Waals surface area contributed by atoms with Crippen molar-refractivity contribution >= 4 is 49.3 Å². The molecular formula is C54H42N4. The van der Waals surface area contributed by atoms with E-state index in [1.54, 1.807) is 0 Å². The van der Waals surface area contributed by atoms with E-state index < -0.39 is 0 Å². The van der Waals surface area contributed by atoms with Crippen LogP contribution in [-0.4, -0.2) is 14.1 Å². The fraction of sp³-hybridized carbons (Fsp3) is 0.111. The Morgan fingerprint density at radius 2 is 0.879 bits per heavy atom. The van der Waals surface area contributed by atoms with Crippen molar-refractivity contribution in [2.75, 3.05) is 0 Å². The summed E-state index contributed by atoms with van der Waals surface area (Å²) in [6.45, 7) is 21.4. The molecular weight excluding hydrogens is 705 g/mol. The molecule has 0 aliphatic rings. The number of fused-ring (bicyclic) bond motifs is 6. The molecule has 0 unspecified atom stereocenters. The molecule has 10 aromatic rings. The van der Waals surface area contributed by atoms with Gasteiger partial charge in [0, 0.05) is 32.9 Å². The Labute approximate surface area is 339 Å². The number of pyridine rings is 1. The van der Waals surface area contributed by atoms with Gasteiger partial charge in [0.15, 0.2) is 5.69 Å². The van der Waals surface area contributed by atoms with Crippen molar-refractivity contribution in [2.24, 2.45) is 0 Å². The number of nitrogens with zero attached hydrogens (tertiary/aromatic N) is 4. The van der Waals surface area contributed by atoms with Crippen LogP contribution in [0.5, 0.6) is 0 Å². The first-order valence-corrected chi connectivity index (χ1v) is 19.9. The SMILES string of the molecule is [C-]#[N+]c1cc(-n2c3ccccc3c3ccc(-c4ccc(C)cc4C)cc32)c(-n2c3ccccc3c3ccc(-c4ccc(C)cc4C)cc32)cc1-c1cc(C)nc(C)c1. The maximum atomic E-state index is 8.64. The van der Waals surface area contributed by atoms with Crippen LogP contribution >= 0.6 is 0 Å². The van der Waals surface area contributed by atoms with Gasteiger partial charge in [-0.05, 0) is 135 Å². The smallest absolute Gasteiger partial charge is 0.197 e. The highest BCUT2D eigenvalue weighted by Crippen LogP contribution is 2.44. The van der Waals surface area contributed by atoms with Crippen molar-refractivity contribution in [3.05, 3.63) is 191 Å². The maximum absolute atomic E-state index is 8.64. The van der Waals surface area contributed by atoms with Crippen molar-refractivity contribution in [3.63, 3.8) is 0 Å². The third-order valence-electron chi connectivity index (χ3n) is 11.8. The van der Waals surface area contributed by atoms with Crippen LogP contribution in [0.25, 0.3) is 93.2 Å². The van der Waals surface area contributed by atoms with Gasteiger partial charge in [0.25, 0.3) is 0 Å². The zero-order valence-corrected chi connectivity index (χ0v) is 33.6. The highest BCUT2D eigenvalue weighted by molar-refractivity contribution is 6.13. The Kier molecular flexibility index (Phi) is 8.18. The van der Waals surface area contributed by atoms with Gasteiger partial charge >= 0.3 is 0 Å². The molecule has 0 aliphatic carbocycles. The minimum Gasteiger partial charge on any atom is -0.308 e. The van der Waals surface area contributed by atoms with Crippen LogP contribution in [0, 0.1) is 48.1 Å². The third kappa shape index (κ3) is 5.62. The predicted octanol–water partition coefficient (Wildman–Crippen LogP) is 14.7. The standard InChI is InChI=1S/C54H42N4/c1-32-16-20-41(34(3)24-32)38-18-22-45-43-12-8-10-14-49(43)57(51(45)28-38)53-30-47(40-26-36(5)56-37(6)27-40)48(55-7)31-54(53)58-50-15-11-9-13-44(50)46-23-19-39(29-52(46)58)42-21-17-33(2)25-35(42)4/h8-31H,1-6H3. The Balaban J connectivity index is 1.36. The topological polar surface area (TPSA) is 27.1 Å². The Hall–Kier alpha value is -7.22. The van der Waals surface area contributed by atoms with E-state index in [9.17, 15) is 0 Å². The Morgan fingerprint density at radius 1 is 0.414 bits per heavy atom. The molecule has 278 valence electrons. The summed E-state index contributed by atoms with van der Waals surface area (Å²) in [5, 5.41) is 4.70. The molecule has 0 bridgehead atoms. The van der Waals surface area contributed by atoms with Crippen LogP contribution in [0.4, 0.5) is 5.69 Å². The number of hydrogen-bond acceptors (Lipinski definition) is 1. The maximum Gasteiger partial charge on any atom is 0.197 e. The Morgan fingerprint density at radius 3 is 1.36 bits per heavy atom. The van der Waals surface area contributed by atoms with Gasteiger partial charge in [0.1, 0.15) is 0 Å². The second-order valence-electron chi connectivity index (χ2n) is 15.9. The van der Waals surface area contributed by atoms with Gasteiger partial charge in [-0.3, -0.25) is 4.98 Å². The zero-order chi connectivity index (χ0) is 39.8. The summed E-state index contributed by atoms with van der Waals surface area (Å²) in [5.41, 5.74) is 20.4. The van der Waals surface area contributed by atoms with Crippen molar-refractivity contribution in [1.82, 2.24) is 14.1 Å². The van der Waals surface area contributed by atoms with Crippen molar-refractivity contribution in [3.8, 4) is 44.8 Å².